The van der Waals surface area contributed by atoms with Crippen molar-refractivity contribution in [1.82, 2.24) is 9.97 Å². The third-order valence-electron chi connectivity index (χ3n) is 1.62. The van der Waals surface area contributed by atoms with E-state index in [0.29, 0.717) is 12.5 Å². The Morgan fingerprint density at radius 1 is 1.29 bits per heavy atom. The molecule has 0 unspecified atom stereocenters. The topological polar surface area (TPSA) is 47.0 Å². The van der Waals surface area contributed by atoms with Gasteiger partial charge in [0, 0.05) is 6.54 Å². The first-order valence-electron chi connectivity index (χ1n) is 5.05. The van der Waals surface area contributed by atoms with Gasteiger partial charge in [0.25, 0.3) is 0 Å². The zero-order valence-electron chi connectivity index (χ0n) is 8.79. The molecule has 0 fully saturated rings. The molecule has 1 aromatic heterocycles. The fraction of sp³-hybridized carbons (Fsp3) is 0.600. The fourth-order valence-corrected chi connectivity index (χ4v) is 0.962. The molecule has 0 bridgehead atoms. The summed E-state index contributed by atoms with van der Waals surface area (Å²) in [5, 5.41) is 3.16. The van der Waals surface area contributed by atoms with Crippen LogP contribution in [-0.4, -0.2) is 23.1 Å². The highest BCUT2D eigenvalue weighted by Gasteiger charge is 1.97. The van der Waals surface area contributed by atoms with Crippen molar-refractivity contribution >= 4 is 5.82 Å². The van der Waals surface area contributed by atoms with E-state index in [4.69, 9.17) is 4.74 Å². The van der Waals surface area contributed by atoms with Gasteiger partial charge in [0.1, 0.15) is 5.82 Å². The van der Waals surface area contributed by atoms with E-state index in [1.165, 1.54) is 0 Å². The third kappa shape index (κ3) is 3.60. The molecule has 0 aliphatic rings. The van der Waals surface area contributed by atoms with Gasteiger partial charge in [0.15, 0.2) is 0 Å². The Kier molecular flexibility index (Phi) is 4.75. The first-order chi connectivity index (χ1) is 6.86. The summed E-state index contributed by atoms with van der Waals surface area (Å²) in [4.78, 5) is 8.29. The maximum absolute atomic E-state index is 5.36. The van der Waals surface area contributed by atoms with E-state index in [9.17, 15) is 0 Å². The van der Waals surface area contributed by atoms with Crippen LogP contribution in [0.4, 0.5) is 5.82 Å². The molecule has 1 N–H and O–H groups in total. The fourth-order valence-electron chi connectivity index (χ4n) is 0.962. The number of aromatic nitrogens is 2. The van der Waals surface area contributed by atoms with Crippen LogP contribution in [0.3, 0.4) is 0 Å². The molecule has 0 amide bonds. The Labute approximate surface area is 84.7 Å². The molecule has 0 aliphatic heterocycles. The van der Waals surface area contributed by atoms with E-state index in [-0.39, 0.29) is 0 Å². The summed E-state index contributed by atoms with van der Waals surface area (Å²) in [5.41, 5.74) is 0. The highest BCUT2D eigenvalue weighted by Crippen LogP contribution is 2.08. The van der Waals surface area contributed by atoms with Gasteiger partial charge >= 0.3 is 0 Å². The van der Waals surface area contributed by atoms with E-state index >= 15 is 0 Å². The average molecular weight is 195 g/mol. The van der Waals surface area contributed by atoms with Crippen molar-refractivity contribution in [3.8, 4) is 5.88 Å². The number of anilines is 1. The summed E-state index contributed by atoms with van der Waals surface area (Å²) in [6.07, 6.45) is 5.39. The molecule has 4 heteroatoms. The van der Waals surface area contributed by atoms with Crippen molar-refractivity contribution in [2.75, 3.05) is 18.5 Å². The molecule has 0 saturated heterocycles. The van der Waals surface area contributed by atoms with Gasteiger partial charge in [-0.15, -0.1) is 0 Å². The third-order valence-corrected chi connectivity index (χ3v) is 1.62. The molecular weight excluding hydrogens is 178 g/mol. The SMILES string of the molecule is CCCNc1cncc(OCCC)n1. The van der Waals surface area contributed by atoms with Crippen molar-refractivity contribution in [2.24, 2.45) is 0 Å². The second-order valence-electron chi connectivity index (χ2n) is 3.02. The van der Waals surface area contributed by atoms with Crippen LogP contribution in [0.1, 0.15) is 26.7 Å². The van der Waals surface area contributed by atoms with E-state index in [1.807, 2.05) is 0 Å². The first kappa shape index (κ1) is 10.8. The lowest BCUT2D eigenvalue weighted by molar-refractivity contribution is 0.304. The molecule has 0 aliphatic carbocycles. The molecule has 78 valence electrons. The molecule has 1 heterocycles. The van der Waals surface area contributed by atoms with Crippen molar-refractivity contribution in [3.63, 3.8) is 0 Å². The van der Waals surface area contributed by atoms with Crippen LogP contribution in [0.2, 0.25) is 0 Å². The van der Waals surface area contributed by atoms with Crippen molar-refractivity contribution < 1.29 is 4.74 Å². The smallest absolute Gasteiger partial charge is 0.234 e. The van der Waals surface area contributed by atoms with Gasteiger partial charge in [-0.1, -0.05) is 13.8 Å². The number of ether oxygens (including phenoxy) is 1. The molecule has 4 nitrogen and oxygen atoms in total. The minimum Gasteiger partial charge on any atom is -0.477 e. The van der Waals surface area contributed by atoms with E-state index in [1.54, 1.807) is 12.4 Å². The molecule has 0 spiro atoms. The predicted octanol–water partition coefficient (Wildman–Crippen LogP) is 2.09. The molecule has 0 radical (unpaired) electrons. The van der Waals surface area contributed by atoms with Gasteiger partial charge in [-0.3, -0.25) is 4.98 Å². The van der Waals surface area contributed by atoms with Crippen LogP contribution in [0.15, 0.2) is 12.4 Å². The van der Waals surface area contributed by atoms with Crippen molar-refractivity contribution in [2.45, 2.75) is 26.7 Å². The maximum atomic E-state index is 5.36. The van der Waals surface area contributed by atoms with Crippen LogP contribution in [-0.2, 0) is 0 Å². The van der Waals surface area contributed by atoms with Gasteiger partial charge in [-0.05, 0) is 12.8 Å². The number of hydrogen-bond donors (Lipinski definition) is 1. The van der Waals surface area contributed by atoms with E-state index < -0.39 is 0 Å². The normalized spacial score (nSPS) is 9.86. The Hall–Kier alpha value is -1.32. The van der Waals surface area contributed by atoms with Crippen LogP contribution >= 0.6 is 0 Å². The van der Waals surface area contributed by atoms with Crippen LogP contribution < -0.4 is 10.1 Å². The first-order valence-corrected chi connectivity index (χ1v) is 5.05. The zero-order valence-corrected chi connectivity index (χ0v) is 8.79. The summed E-state index contributed by atoms with van der Waals surface area (Å²) in [6.45, 7) is 5.77. The minimum absolute atomic E-state index is 0.591. The van der Waals surface area contributed by atoms with Crippen LogP contribution in [0, 0.1) is 0 Å². The highest BCUT2D eigenvalue weighted by atomic mass is 16.5. The largest absolute Gasteiger partial charge is 0.477 e. The highest BCUT2D eigenvalue weighted by molar-refractivity contribution is 5.32. The molecule has 1 rings (SSSR count). The van der Waals surface area contributed by atoms with Gasteiger partial charge in [0.2, 0.25) is 5.88 Å². The number of nitrogens with zero attached hydrogens (tertiary/aromatic N) is 2. The van der Waals surface area contributed by atoms with Gasteiger partial charge in [-0.25, -0.2) is 0 Å². The lowest BCUT2D eigenvalue weighted by atomic mass is 10.5. The Bertz CT molecular complexity index is 242. The number of rotatable bonds is 6. The number of hydrogen-bond acceptors (Lipinski definition) is 4. The van der Waals surface area contributed by atoms with E-state index in [2.05, 4.69) is 29.1 Å². The molecule has 14 heavy (non-hydrogen) atoms. The Balaban J connectivity index is 2.50. The molecule has 0 saturated carbocycles. The van der Waals surface area contributed by atoms with Gasteiger partial charge < -0.3 is 10.1 Å². The summed E-state index contributed by atoms with van der Waals surface area (Å²) in [6, 6.07) is 0. The van der Waals surface area contributed by atoms with Gasteiger partial charge in [-0.2, -0.15) is 4.98 Å². The predicted molar refractivity (Wildman–Crippen MR) is 56.6 cm³/mol. The second kappa shape index (κ2) is 6.18. The van der Waals surface area contributed by atoms with Crippen molar-refractivity contribution in [1.29, 1.82) is 0 Å². The standard InChI is InChI=1S/C10H17N3O/c1-3-5-12-9-7-11-8-10(13-9)14-6-4-2/h7-8H,3-6H2,1-2H3,(H,12,13). The lowest BCUT2D eigenvalue weighted by Crippen LogP contribution is -2.04. The minimum atomic E-state index is 0.591. The summed E-state index contributed by atoms with van der Waals surface area (Å²) >= 11 is 0. The molecular formula is C10H17N3O. The summed E-state index contributed by atoms with van der Waals surface area (Å²) < 4.78 is 5.36. The molecule has 0 aromatic carbocycles. The van der Waals surface area contributed by atoms with Crippen LogP contribution in [0.5, 0.6) is 5.88 Å². The summed E-state index contributed by atoms with van der Waals surface area (Å²) in [7, 11) is 0. The van der Waals surface area contributed by atoms with Crippen LogP contribution in [0.25, 0.3) is 0 Å². The second-order valence-corrected chi connectivity index (χ2v) is 3.02. The van der Waals surface area contributed by atoms with E-state index in [0.717, 1.165) is 25.2 Å². The summed E-state index contributed by atoms with van der Waals surface area (Å²) in [5.74, 6) is 1.37. The quantitative estimate of drug-likeness (QED) is 0.755. The number of nitrogens with one attached hydrogen (secondary N) is 1. The maximum Gasteiger partial charge on any atom is 0.234 e. The zero-order chi connectivity index (χ0) is 10.2. The van der Waals surface area contributed by atoms with Gasteiger partial charge in [0.05, 0.1) is 19.0 Å². The molecule has 0 atom stereocenters. The Morgan fingerprint density at radius 2 is 2.14 bits per heavy atom. The average Bonchev–Trinajstić information content (AvgIpc) is 2.24. The van der Waals surface area contributed by atoms with Crippen molar-refractivity contribution in [3.05, 3.63) is 12.4 Å². The Morgan fingerprint density at radius 3 is 2.86 bits per heavy atom. The molecule has 1 aromatic rings. The monoisotopic (exact) mass is 195 g/mol. The lowest BCUT2D eigenvalue weighted by Gasteiger charge is -2.06.